The maximum Gasteiger partial charge on any atom is 0.191 e. The quantitative estimate of drug-likeness (QED) is 0.269. The molecule has 110 valence electrons. The van der Waals surface area contributed by atoms with Crippen LogP contribution in [0.15, 0.2) is 4.99 Å². The molecule has 0 radical (unpaired) electrons. The van der Waals surface area contributed by atoms with Crippen molar-refractivity contribution in [2.75, 3.05) is 32.8 Å². The van der Waals surface area contributed by atoms with Crippen molar-refractivity contribution < 1.29 is 4.74 Å². The van der Waals surface area contributed by atoms with Crippen molar-refractivity contribution in [3.63, 3.8) is 0 Å². The summed E-state index contributed by atoms with van der Waals surface area (Å²) < 4.78 is 5.48. The van der Waals surface area contributed by atoms with E-state index < -0.39 is 0 Å². The van der Waals surface area contributed by atoms with Crippen LogP contribution < -0.4 is 10.6 Å². The first-order valence-corrected chi connectivity index (χ1v) is 6.95. The molecule has 0 fully saturated rings. The number of hydrogen-bond acceptors (Lipinski definition) is 2. The van der Waals surface area contributed by atoms with E-state index in [2.05, 4.69) is 36.4 Å². The van der Waals surface area contributed by atoms with Gasteiger partial charge in [-0.05, 0) is 19.8 Å². The third-order valence-corrected chi connectivity index (χ3v) is 2.31. The first-order chi connectivity index (χ1) is 8.35. The minimum absolute atomic E-state index is 0. The predicted octanol–water partition coefficient (Wildman–Crippen LogP) is 2.78. The summed E-state index contributed by atoms with van der Waals surface area (Å²) in [5.74, 6) is 0.903. The van der Waals surface area contributed by atoms with Crippen LogP contribution in [-0.4, -0.2) is 38.8 Å². The molecule has 0 spiro atoms. The Labute approximate surface area is 129 Å². The monoisotopic (exact) mass is 371 g/mol. The van der Waals surface area contributed by atoms with Gasteiger partial charge in [0, 0.05) is 26.2 Å². The molecule has 0 saturated heterocycles. The van der Waals surface area contributed by atoms with Crippen molar-refractivity contribution in [2.24, 2.45) is 4.99 Å². The van der Waals surface area contributed by atoms with Crippen molar-refractivity contribution in [1.29, 1.82) is 0 Å². The molecule has 0 atom stereocenters. The highest BCUT2D eigenvalue weighted by Gasteiger charge is 1.95. The maximum atomic E-state index is 5.48. The van der Waals surface area contributed by atoms with Crippen molar-refractivity contribution >= 4 is 29.9 Å². The topological polar surface area (TPSA) is 45.7 Å². The molecule has 0 aliphatic carbocycles. The number of aliphatic imine (C=N–C) groups is 1. The number of nitrogens with one attached hydrogen (secondary N) is 2. The van der Waals surface area contributed by atoms with E-state index in [1.165, 1.54) is 12.8 Å². The van der Waals surface area contributed by atoms with Gasteiger partial charge in [-0.3, -0.25) is 4.99 Å². The first kappa shape index (κ1) is 20.3. The molecule has 4 nitrogen and oxygen atoms in total. The van der Waals surface area contributed by atoms with Gasteiger partial charge in [-0.15, -0.1) is 24.0 Å². The molecule has 0 aromatic rings. The molecule has 0 unspecified atom stereocenters. The number of halogens is 1. The van der Waals surface area contributed by atoms with Crippen molar-refractivity contribution in [3.8, 4) is 0 Å². The van der Waals surface area contributed by atoms with E-state index >= 15 is 0 Å². The van der Waals surface area contributed by atoms with Gasteiger partial charge in [0.1, 0.15) is 0 Å². The third-order valence-electron chi connectivity index (χ3n) is 2.31. The summed E-state index contributed by atoms with van der Waals surface area (Å²) in [6, 6.07) is 0. The number of guanidine groups is 1. The molecule has 18 heavy (non-hydrogen) atoms. The van der Waals surface area contributed by atoms with E-state index in [1.807, 2.05) is 0 Å². The number of ether oxygens (including phenoxy) is 1. The molecule has 0 amide bonds. The predicted molar refractivity (Wildman–Crippen MR) is 90.0 cm³/mol. The molecule has 0 saturated carbocycles. The standard InChI is InChI=1S/C13H29N3O.HI/c1-4-7-9-15-13(14-6-3)16-10-12-17-11-8-5-2;/h4-12H2,1-3H3,(H2,14,15,16);1H. The lowest BCUT2D eigenvalue weighted by Crippen LogP contribution is -2.39. The minimum atomic E-state index is 0. The van der Waals surface area contributed by atoms with Gasteiger partial charge < -0.3 is 15.4 Å². The molecule has 0 bridgehead atoms. The Kier molecular flexibility index (Phi) is 19.1. The van der Waals surface area contributed by atoms with Crippen LogP contribution in [-0.2, 0) is 4.74 Å². The molecule has 2 N–H and O–H groups in total. The Morgan fingerprint density at radius 3 is 2.33 bits per heavy atom. The molecule has 0 aromatic heterocycles. The van der Waals surface area contributed by atoms with Gasteiger partial charge in [0.15, 0.2) is 5.96 Å². The molecular weight excluding hydrogens is 341 g/mol. The second-order valence-corrected chi connectivity index (χ2v) is 4.01. The molecule has 0 aromatic carbocycles. The molecular formula is C13H30IN3O. The second kappa shape index (κ2) is 17.0. The minimum Gasteiger partial charge on any atom is -0.380 e. The lowest BCUT2D eigenvalue weighted by Gasteiger charge is -2.11. The van der Waals surface area contributed by atoms with Gasteiger partial charge in [-0.2, -0.15) is 0 Å². The highest BCUT2D eigenvalue weighted by atomic mass is 127. The van der Waals surface area contributed by atoms with Crippen LogP contribution in [0.4, 0.5) is 0 Å². The van der Waals surface area contributed by atoms with Crippen LogP contribution in [0.25, 0.3) is 0 Å². The molecule has 0 heterocycles. The summed E-state index contributed by atoms with van der Waals surface area (Å²) in [6.07, 6.45) is 4.66. The van der Waals surface area contributed by atoms with E-state index in [1.54, 1.807) is 0 Å². The van der Waals surface area contributed by atoms with Crippen LogP contribution in [0.3, 0.4) is 0 Å². The molecule has 5 heteroatoms. The normalized spacial score (nSPS) is 10.9. The number of hydrogen-bond donors (Lipinski definition) is 2. The lowest BCUT2D eigenvalue weighted by atomic mass is 10.3. The summed E-state index contributed by atoms with van der Waals surface area (Å²) >= 11 is 0. The maximum absolute atomic E-state index is 5.48. The largest absolute Gasteiger partial charge is 0.380 e. The fourth-order valence-corrected chi connectivity index (χ4v) is 1.28. The van der Waals surface area contributed by atoms with Crippen LogP contribution in [0.5, 0.6) is 0 Å². The fraction of sp³-hybridized carbons (Fsp3) is 0.923. The van der Waals surface area contributed by atoms with Crippen LogP contribution in [0.2, 0.25) is 0 Å². The average Bonchev–Trinajstić information content (AvgIpc) is 2.34. The van der Waals surface area contributed by atoms with Crippen molar-refractivity contribution in [1.82, 2.24) is 10.6 Å². The van der Waals surface area contributed by atoms with Gasteiger partial charge >= 0.3 is 0 Å². The Hall–Kier alpha value is -0.0400. The van der Waals surface area contributed by atoms with Crippen molar-refractivity contribution in [3.05, 3.63) is 0 Å². The summed E-state index contributed by atoms with van der Waals surface area (Å²) in [5.41, 5.74) is 0. The van der Waals surface area contributed by atoms with Crippen LogP contribution >= 0.6 is 24.0 Å². The van der Waals surface area contributed by atoms with Gasteiger partial charge in [-0.25, -0.2) is 0 Å². The smallest absolute Gasteiger partial charge is 0.191 e. The van der Waals surface area contributed by atoms with Gasteiger partial charge in [0.2, 0.25) is 0 Å². The zero-order valence-electron chi connectivity index (χ0n) is 12.1. The van der Waals surface area contributed by atoms with Gasteiger partial charge in [0.05, 0.1) is 6.61 Å². The highest BCUT2D eigenvalue weighted by Crippen LogP contribution is 1.88. The molecule has 0 aliphatic heterocycles. The first-order valence-electron chi connectivity index (χ1n) is 6.95. The SMILES string of the molecule is CCCCN=C(NCC)NCCOCCCC.I. The lowest BCUT2D eigenvalue weighted by molar-refractivity contribution is 0.136. The third kappa shape index (κ3) is 14.0. The van der Waals surface area contributed by atoms with Crippen LogP contribution in [0, 0.1) is 0 Å². The van der Waals surface area contributed by atoms with E-state index in [0.717, 1.165) is 51.6 Å². The van der Waals surface area contributed by atoms with Gasteiger partial charge in [-0.1, -0.05) is 26.7 Å². The fourth-order valence-electron chi connectivity index (χ4n) is 1.28. The zero-order chi connectivity index (χ0) is 12.8. The summed E-state index contributed by atoms with van der Waals surface area (Å²) in [5, 5.41) is 6.50. The zero-order valence-corrected chi connectivity index (χ0v) is 14.5. The number of nitrogens with zero attached hydrogens (tertiary/aromatic N) is 1. The molecule has 0 aliphatic rings. The van der Waals surface area contributed by atoms with E-state index in [9.17, 15) is 0 Å². The summed E-state index contributed by atoms with van der Waals surface area (Å²) in [6.45, 7) is 10.6. The Morgan fingerprint density at radius 1 is 1.00 bits per heavy atom. The Morgan fingerprint density at radius 2 is 1.72 bits per heavy atom. The Bertz CT molecular complexity index is 189. The number of rotatable bonds is 10. The van der Waals surface area contributed by atoms with Crippen LogP contribution in [0.1, 0.15) is 46.5 Å². The summed E-state index contributed by atoms with van der Waals surface area (Å²) in [4.78, 5) is 4.48. The number of unbranched alkanes of at least 4 members (excludes halogenated alkanes) is 2. The average molecular weight is 371 g/mol. The second-order valence-electron chi connectivity index (χ2n) is 4.01. The molecule has 0 rings (SSSR count). The van der Waals surface area contributed by atoms with Crippen molar-refractivity contribution in [2.45, 2.75) is 46.5 Å². The Balaban J connectivity index is 0. The van der Waals surface area contributed by atoms with Gasteiger partial charge in [0.25, 0.3) is 0 Å². The highest BCUT2D eigenvalue weighted by molar-refractivity contribution is 14.0. The summed E-state index contributed by atoms with van der Waals surface area (Å²) in [7, 11) is 0. The van der Waals surface area contributed by atoms with E-state index in [0.29, 0.717) is 0 Å². The van der Waals surface area contributed by atoms with E-state index in [-0.39, 0.29) is 24.0 Å². The van der Waals surface area contributed by atoms with E-state index in [4.69, 9.17) is 4.74 Å².